The second-order valence-electron chi connectivity index (χ2n) is 6.25. The molecule has 1 heterocycles. The molecule has 28 heavy (non-hydrogen) atoms. The molecule has 0 aliphatic rings. The maximum absolute atomic E-state index is 11.9. The van der Waals surface area contributed by atoms with Crippen molar-refractivity contribution in [2.24, 2.45) is 0 Å². The van der Waals surface area contributed by atoms with Crippen LogP contribution in [-0.2, 0) is 19.8 Å². The van der Waals surface area contributed by atoms with Crippen LogP contribution in [-0.4, -0.2) is 58.8 Å². The molecule has 0 unspecified atom stereocenters. The Hall–Kier alpha value is -2.20. The minimum absolute atomic E-state index is 0.173. The molecule has 1 aromatic heterocycles. The quantitative estimate of drug-likeness (QED) is 0.418. The minimum atomic E-state index is -2.57. The molecule has 0 aliphatic heterocycles. The molecule has 0 aliphatic carbocycles. The molecule has 1 aromatic carbocycles. The largest absolute Gasteiger partial charge is 0.500 e. The van der Waals surface area contributed by atoms with Crippen molar-refractivity contribution < 1.29 is 18.1 Å². The Balaban J connectivity index is 1.64. The third-order valence-corrected chi connectivity index (χ3v) is 7.32. The fourth-order valence-electron chi connectivity index (χ4n) is 2.91. The SMILES string of the molecule is CO[Si](CCCNC(=O)NCCCn1ccnc1-c1ccccc1)(OC)OC. The van der Waals surface area contributed by atoms with Gasteiger partial charge >= 0.3 is 14.8 Å². The van der Waals surface area contributed by atoms with E-state index in [1.165, 1.54) is 0 Å². The van der Waals surface area contributed by atoms with Crippen LogP contribution in [0.1, 0.15) is 12.8 Å². The first-order valence-electron chi connectivity index (χ1n) is 9.38. The standard InChI is InChI=1S/C19H30N4O4Si/c1-25-28(26-2,27-3)16-8-12-22-19(24)21-11-7-14-23-15-13-20-18(23)17-9-5-4-6-10-17/h4-6,9-10,13,15H,7-8,11-12,14,16H2,1-3H3,(H2,21,22,24). The van der Waals surface area contributed by atoms with Gasteiger partial charge in [-0.1, -0.05) is 30.3 Å². The van der Waals surface area contributed by atoms with Gasteiger partial charge in [0.2, 0.25) is 0 Å². The third-order valence-electron chi connectivity index (χ3n) is 4.49. The van der Waals surface area contributed by atoms with Gasteiger partial charge in [0, 0.05) is 65.0 Å². The van der Waals surface area contributed by atoms with Gasteiger partial charge in [0.15, 0.2) is 0 Å². The molecule has 0 fully saturated rings. The van der Waals surface area contributed by atoms with Gasteiger partial charge in [-0.2, -0.15) is 0 Å². The molecule has 0 saturated carbocycles. The summed E-state index contributed by atoms with van der Waals surface area (Å²) in [7, 11) is 2.19. The predicted octanol–water partition coefficient (Wildman–Crippen LogP) is 2.51. The third kappa shape index (κ3) is 6.45. The van der Waals surface area contributed by atoms with E-state index in [1.54, 1.807) is 27.5 Å². The Kier molecular flexibility index (Phi) is 9.15. The number of hydrogen-bond acceptors (Lipinski definition) is 5. The van der Waals surface area contributed by atoms with Crippen LogP contribution in [0, 0.1) is 0 Å². The molecule has 0 radical (unpaired) electrons. The van der Waals surface area contributed by atoms with Crippen molar-refractivity contribution in [3.63, 3.8) is 0 Å². The van der Waals surface area contributed by atoms with Crippen LogP contribution in [0.3, 0.4) is 0 Å². The van der Waals surface area contributed by atoms with E-state index in [1.807, 2.05) is 36.5 Å². The highest BCUT2D eigenvalue weighted by atomic mass is 28.4. The Morgan fingerprint density at radius 3 is 2.32 bits per heavy atom. The van der Waals surface area contributed by atoms with E-state index >= 15 is 0 Å². The van der Waals surface area contributed by atoms with Crippen molar-refractivity contribution in [2.45, 2.75) is 25.4 Å². The molecule has 2 amide bonds. The summed E-state index contributed by atoms with van der Waals surface area (Å²) in [5, 5.41) is 5.72. The Morgan fingerprint density at radius 2 is 1.68 bits per heavy atom. The highest BCUT2D eigenvalue weighted by molar-refractivity contribution is 6.60. The van der Waals surface area contributed by atoms with Gasteiger partial charge in [0.25, 0.3) is 0 Å². The van der Waals surface area contributed by atoms with Gasteiger partial charge in [-0.05, 0) is 12.8 Å². The van der Waals surface area contributed by atoms with Crippen LogP contribution < -0.4 is 10.6 Å². The summed E-state index contributed by atoms with van der Waals surface area (Å²) in [6.45, 7) is 1.91. The van der Waals surface area contributed by atoms with E-state index in [0.717, 1.165) is 30.8 Å². The molecule has 0 bridgehead atoms. The minimum Gasteiger partial charge on any atom is -0.377 e. The zero-order valence-corrected chi connectivity index (χ0v) is 17.8. The van der Waals surface area contributed by atoms with E-state index in [2.05, 4.69) is 20.2 Å². The van der Waals surface area contributed by atoms with Crippen molar-refractivity contribution >= 4 is 14.8 Å². The average Bonchev–Trinajstić information content (AvgIpc) is 3.21. The van der Waals surface area contributed by atoms with Gasteiger partial charge in [0.05, 0.1) is 0 Å². The van der Waals surface area contributed by atoms with Gasteiger partial charge in [-0.15, -0.1) is 0 Å². The Morgan fingerprint density at radius 1 is 1.04 bits per heavy atom. The van der Waals surface area contributed by atoms with Crippen LogP contribution in [0.5, 0.6) is 0 Å². The van der Waals surface area contributed by atoms with Gasteiger partial charge in [0.1, 0.15) is 5.82 Å². The summed E-state index contributed by atoms with van der Waals surface area (Å²) in [6, 6.07) is 10.5. The lowest BCUT2D eigenvalue weighted by atomic mass is 10.2. The lowest BCUT2D eigenvalue weighted by Gasteiger charge is -2.24. The van der Waals surface area contributed by atoms with Crippen molar-refractivity contribution in [3.8, 4) is 11.4 Å². The van der Waals surface area contributed by atoms with Crippen LogP contribution in [0.2, 0.25) is 6.04 Å². The van der Waals surface area contributed by atoms with Crippen LogP contribution >= 0.6 is 0 Å². The van der Waals surface area contributed by atoms with Crippen LogP contribution in [0.25, 0.3) is 11.4 Å². The molecule has 2 N–H and O–H groups in total. The van der Waals surface area contributed by atoms with Crippen molar-refractivity contribution in [3.05, 3.63) is 42.7 Å². The number of nitrogens with one attached hydrogen (secondary N) is 2. The molecule has 0 atom stereocenters. The number of aromatic nitrogens is 2. The fourth-order valence-corrected chi connectivity index (χ4v) is 4.64. The van der Waals surface area contributed by atoms with Gasteiger partial charge in [-0.3, -0.25) is 0 Å². The predicted molar refractivity (Wildman–Crippen MR) is 110 cm³/mol. The van der Waals surface area contributed by atoms with Gasteiger partial charge in [-0.25, -0.2) is 9.78 Å². The molecule has 8 nitrogen and oxygen atoms in total. The number of aryl methyl sites for hydroxylation is 1. The van der Waals surface area contributed by atoms with E-state index in [-0.39, 0.29) is 6.03 Å². The lowest BCUT2D eigenvalue weighted by molar-refractivity contribution is 0.123. The molecule has 2 aromatic rings. The number of hydrogen-bond donors (Lipinski definition) is 2. The number of carbonyl (C=O) groups excluding carboxylic acids is 1. The van der Waals surface area contributed by atoms with Crippen molar-refractivity contribution in [1.82, 2.24) is 20.2 Å². The monoisotopic (exact) mass is 406 g/mol. The summed E-state index contributed by atoms with van der Waals surface area (Å²) >= 11 is 0. The lowest BCUT2D eigenvalue weighted by Crippen LogP contribution is -2.43. The number of benzene rings is 1. The smallest absolute Gasteiger partial charge is 0.377 e. The molecular formula is C19H30N4O4Si. The highest BCUT2D eigenvalue weighted by Crippen LogP contribution is 2.17. The first-order chi connectivity index (χ1) is 13.6. The van der Waals surface area contributed by atoms with Crippen LogP contribution in [0.15, 0.2) is 42.7 Å². The normalized spacial score (nSPS) is 11.4. The molecule has 2 rings (SSSR count). The van der Waals surface area contributed by atoms with Gasteiger partial charge < -0.3 is 28.5 Å². The Labute approximate surface area is 167 Å². The maximum Gasteiger partial charge on any atom is 0.500 e. The van der Waals surface area contributed by atoms with E-state index < -0.39 is 8.80 Å². The summed E-state index contributed by atoms with van der Waals surface area (Å²) in [6.07, 6.45) is 5.30. The van der Waals surface area contributed by atoms with Crippen molar-refractivity contribution in [2.75, 3.05) is 34.4 Å². The topological polar surface area (TPSA) is 86.6 Å². The first kappa shape index (κ1) is 22.1. The van der Waals surface area contributed by atoms with Crippen LogP contribution in [0.4, 0.5) is 4.79 Å². The van der Waals surface area contributed by atoms with E-state index in [4.69, 9.17) is 13.3 Å². The first-order valence-corrected chi connectivity index (χ1v) is 11.3. The number of urea groups is 1. The molecule has 0 saturated heterocycles. The summed E-state index contributed by atoms with van der Waals surface area (Å²) < 4.78 is 18.2. The number of rotatable bonds is 12. The summed E-state index contributed by atoms with van der Waals surface area (Å²) in [5.41, 5.74) is 1.08. The van der Waals surface area contributed by atoms with Crippen molar-refractivity contribution in [1.29, 1.82) is 0 Å². The number of nitrogens with zero attached hydrogens (tertiary/aromatic N) is 2. The maximum atomic E-state index is 11.9. The van der Waals surface area contributed by atoms with E-state index in [9.17, 15) is 4.79 Å². The second-order valence-corrected chi connectivity index (χ2v) is 9.34. The molecule has 9 heteroatoms. The zero-order chi connectivity index (χ0) is 20.2. The average molecular weight is 407 g/mol. The van der Waals surface area contributed by atoms with E-state index in [0.29, 0.717) is 19.1 Å². The summed E-state index contributed by atoms with van der Waals surface area (Å²) in [4.78, 5) is 16.3. The number of amides is 2. The Bertz CT molecular complexity index is 699. The molecule has 154 valence electrons. The highest BCUT2D eigenvalue weighted by Gasteiger charge is 2.36. The number of imidazole rings is 1. The zero-order valence-electron chi connectivity index (χ0n) is 16.8. The molecular weight excluding hydrogens is 376 g/mol. The second kappa shape index (κ2) is 11.6. The fraction of sp³-hybridized carbons (Fsp3) is 0.474. The summed E-state index contributed by atoms with van der Waals surface area (Å²) in [5.74, 6) is 0.937. The number of carbonyl (C=O) groups is 1. The molecule has 0 spiro atoms.